The summed E-state index contributed by atoms with van der Waals surface area (Å²) in [5.74, 6) is 0.727. The number of benzene rings is 7. The first-order chi connectivity index (χ1) is 19.3. The molecule has 0 fully saturated rings. The Hall–Kier alpha value is -5.28. The van der Waals surface area contributed by atoms with Crippen LogP contribution in [0.5, 0.6) is 0 Å². The van der Waals surface area contributed by atoms with E-state index in [9.17, 15) is 0 Å². The lowest BCUT2D eigenvalue weighted by atomic mass is 9.88. The minimum absolute atomic E-state index is 0.727. The molecule has 0 spiro atoms. The smallest absolute Gasteiger partial charge is 0.161 e. The molecule has 3 nitrogen and oxygen atoms in total. The van der Waals surface area contributed by atoms with Crippen LogP contribution in [0.1, 0.15) is 0 Å². The maximum absolute atomic E-state index is 6.35. The molecule has 0 atom stereocenters. The molecule has 2 heterocycles. The molecule has 0 N–H and O–H groups in total. The number of fused-ring (bicyclic) bond motifs is 6. The molecule has 2 aromatic heterocycles. The molecule has 0 aliphatic rings. The lowest BCUT2D eigenvalue weighted by Gasteiger charge is -2.16. The van der Waals surface area contributed by atoms with Crippen molar-refractivity contribution in [2.75, 3.05) is 0 Å². The molecule has 0 aliphatic carbocycles. The lowest BCUT2D eigenvalue weighted by molar-refractivity contribution is 0.669. The van der Waals surface area contributed by atoms with Gasteiger partial charge in [0.2, 0.25) is 0 Å². The van der Waals surface area contributed by atoms with E-state index in [2.05, 4.69) is 109 Å². The number of aromatic nitrogens is 2. The van der Waals surface area contributed by atoms with Crippen molar-refractivity contribution < 1.29 is 4.42 Å². The Kier molecular flexibility index (Phi) is 4.05. The van der Waals surface area contributed by atoms with Crippen LogP contribution in [0.25, 0.3) is 87.8 Å². The van der Waals surface area contributed by atoms with E-state index in [1.165, 1.54) is 32.3 Å². The summed E-state index contributed by atoms with van der Waals surface area (Å²) in [7, 11) is 0. The van der Waals surface area contributed by atoms with Gasteiger partial charge in [-0.15, -0.1) is 0 Å². The summed E-state index contributed by atoms with van der Waals surface area (Å²) in [6.45, 7) is 0. The van der Waals surface area contributed by atoms with E-state index >= 15 is 0 Å². The first kappa shape index (κ1) is 20.7. The fourth-order valence-electron chi connectivity index (χ4n) is 6.38. The fraction of sp³-hybridized carbons (Fsp3) is 0. The second kappa shape index (κ2) is 7.62. The molecule has 7 aromatic carbocycles. The summed E-state index contributed by atoms with van der Waals surface area (Å²) < 4.78 is 6.35. The van der Waals surface area contributed by atoms with Crippen LogP contribution in [0.3, 0.4) is 0 Å². The van der Waals surface area contributed by atoms with Crippen molar-refractivity contribution in [3.63, 3.8) is 0 Å². The molecule has 3 heteroatoms. The third kappa shape index (κ3) is 2.82. The average molecular weight is 497 g/mol. The van der Waals surface area contributed by atoms with Gasteiger partial charge in [-0.3, -0.25) is 0 Å². The molecule has 0 radical (unpaired) electrons. The van der Waals surface area contributed by atoms with E-state index in [0.717, 1.165) is 55.5 Å². The van der Waals surface area contributed by atoms with Crippen LogP contribution in [0.2, 0.25) is 0 Å². The summed E-state index contributed by atoms with van der Waals surface area (Å²) in [4.78, 5) is 10.4. The minimum atomic E-state index is 0.727. The molecule has 0 bridgehead atoms. The average Bonchev–Trinajstić information content (AvgIpc) is 3.39. The molecule has 0 saturated carbocycles. The Morgan fingerprint density at radius 3 is 1.90 bits per heavy atom. The maximum atomic E-state index is 6.35. The van der Waals surface area contributed by atoms with E-state index in [1.807, 2.05) is 12.1 Å². The van der Waals surface area contributed by atoms with Gasteiger partial charge in [-0.25, -0.2) is 9.97 Å². The molecular weight excluding hydrogens is 476 g/mol. The normalized spacial score (nSPS) is 12.1. The van der Waals surface area contributed by atoms with Gasteiger partial charge in [0.05, 0.1) is 11.2 Å². The molecular formula is C36H20N2O. The summed E-state index contributed by atoms with van der Waals surface area (Å²) in [6.07, 6.45) is 0. The number of para-hydroxylation sites is 1. The van der Waals surface area contributed by atoms with Crippen LogP contribution in [0.4, 0.5) is 0 Å². The molecule has 39 heavy (non-hydrogen) atoms. The van der Waals surface area contributed by atoms with E-state index in [4.69, 9.17) is 14.4 Å². The zero-order valence-corrected chi connectivity index (χ0v) is 20.8. The van der Waals surface area contributed by atoms with Crippen molar-refractivity contribution in [3.05, 3.63) is 121 Å². The third-order valence-electron chi connectivity index (χ3n) is 8.00. The first-order valence-corrected chi connectivity index (χ1v) is 13.2. The molecule has 180 valence electrons. The fourth-order valence-corrected chi connectivity index (χ4v) is 6.38. The van der Waals surface area contributed by atoms with Gasteiger partial charge >= 0.3 is 0 Å². The monoisotopic (exact) mass is 496 g/mol. The first-order valence-electron chi connectivity index (χ1n) is 13.2. The number of furan rings is 1. The molecule has 0 amide bonds. The predicted octanol–water partition coefficient (Wildman–Crippen LogP) is 9.76. The topological polar surface area (TPSA) is 38.9 Å². The van der Waals surface area contributed by atoms with E-state index in [1.54, 1.807) is 0 Å². The van der Waals surface area contributed by atoms with Crippen molar-refractivity contribution in [1.29, 1.82) is 0 Å². The molecule has 0 unspecified atom stereocenters. The second-order valence-electron chi connectivity index (χ2n) is 10.1. The van der Waals surface area contributed by atoms with E-state index < -0.39 is 0 Å². The largest absolute Gasteiger partial charge is 0.456 e. The zero-order valence-electron chi connectivity index (χ0n) is 20.8. The van der Waals surface area contributed by atoms with Gasteiger partial charge in [0.25, 0.3) is 0 Å². The van der Waals surface area contributed by atoms with Gasteiger partial charge in [-0.2, -0.15) is 0 Å². The Morgan fingerprint density at radius 2 is 1.10 bits per heavy atom. The van der Waals surface area contributed by atoms with Gasteiger partial charge in [0, 0.05) is 32.7 Å². The summed E-state index contributed by atoms with van der Waals surface area (Å²) in [6, 6.07) is 42.3. The van der Waals surface area contributed by atoms with Gasteiger partial charge in [0.15, 0.2) is 5.82 Å². The van der Waals surface area contributed by atoms with Crippen LogP contribution in [0.15, 0.2) is 126 Å². The number of nitrogens with zero attached hydrogens (tertiary/aromatic N) is 2. The van der Waals surface area contributed by atoms with Crippen LogP contribution in [-0.4, -0.2) is 9.97 Å². The van der Waals surface area contributed by atoms with Gasteiger partial charge in [0.1, 0.15) is 11.2 Å². The van der Waals surface area contributed by atoms with Crippen LogP contribution in [0, 0.1) is 0 Å². The number of hydrogen-bond donors (Lipinski definition) is 0. The Morgan fingerprint density at radius 1 is 0.462 bits per heavy atom. The van der Waals surface area contributed by atoms with Gasteiger partial charge in [-0.05, 0) is 51.2 Å². The highest BCUT2D eigenvalue weighted by Crippen LogP contribution is 2.47. The number of rotatable bonds is 2. The van der Waals surface area contributed by atoms with Crippen molar-refractivity contribution in [1.82, 2.24) is 9.97 Å². The highest BCUT2D eigenvalue weighted by atomic mass is 16.3. The minimum Gasteiger partial charge on any atom is -0.456 e. The number of hydrogen-bond acceptors (Lipinski definition) is 3. The maximum Gasteiger partial charge on any atom is 0.161 e. The highest BCUT2D eigenvalue weighted by molar-refractivity contribution is 6.39. The highest BCUT2D eigenvalue weighted by Gasteiger charge is 2.22. The molecule has 0 aliphatic heterocycles. The van der Waals surface area contributed by atoms with Gasteiger partial charge in [-0.1, -0.05) is 97.1 Å². The standard InChI is InChI=1S/C36H20N2O/c1-2-10-21(11-3-1)35-24-14-6-7-17-28(24)37-36(38-35)27-20-22-12-4-5-13-23(22)31-25-15-8-18-29-33(25)34-26(32(27)31)16-9-19-30(34)39-29/h1-20H. The summed E-state index contributed by atoms with van der Waals surface area (Å²) in [5, 5.41) is 10.5. The van der Waals surface area contributed by atoms with Crippen LogP contribution >= 0.6 is 0 Å². The Bertz CT molecular complexity index is 2390. The van der Waals surface area contributed by atoms with Crippen LogP contribution in [-0.2, 0) is 0 Å². The SMILES string of the molecule is c1ccc(-c2nc(-c3cc4ccccc4c4c5cccc6oc7cccc(c34)c7c65)nc3ccccc23)cc1. The van der Waals surface area contributed by atoms with Crippen molar-refractivity contribution in [2.24, 2.45) is 0 Å². The third-order valence-corrected chi connectivity index (χ3v) is 8.00. The summed E-state index contributed by atoms with van der Waals surface area (Å²) >= 11 is 0. The zero-order chi connectivity index (χ0) is 25.5. The van der Waals surface area contributed by atoms with Gasteiger partial charge < -0.3 is 4.42 Å². The molecule has 9 rings (SSSR count). The summed E-state index contributed by atoms with van der Waals surface area (Å²) in [5.41, 5.74) is 5.81. The second-order valence-corrected chi connectivity index (χ2v) is 10.1. The molecule has 9 aromatic rings. The molecule has 0 saturated heterocycles. The van der Waals surface area contributed by atoms with Crippen LogP contribution < -0.4 is 0 Å². The van der Waals surface area contributed by atoms with E-state index in [0.29, 0.717) is 0 Å². The quantitative estimate of drug-likeness (QED) is 0.224. The van der Waals surface area contributed by atoms with Crippen molar-refractivity contribution >= 4 is 65.2 Å². The van der Waals surface area contributed by atoms with Crippen molar-refractivity contribution in [3.8, 4) is 22.6 Å². The van der Waals surface area contributed by atoms with E-state index in [-0.39, 0.29) is 0 Å². The lowest BCUT2D eigenvalue weighted by Crippen LogP contribution is -1.97. The Balaban J connectivity index is 1.53. The van der Waals surface area contributed by atoms with Crippen molar-refractivity contribution in [2.45, 2.75) is 0 Å². The predicted molar refractivity (Wildman–Crippen MR) is 161 cm³/mol. The Labute approximate surface area is 223 Å².